The lowest BCUT2D eigenvalue weighted by Crippen LogP contribution is -2.55. The molecule has 0 amide bonds. The summed E-state index contributed by atoms with van der Waals surface area (Å²) in [5, 5.41) is 9.44. The lowest BCUT2D eigenvalue weighted by Gasteiger charge is -2.45. The first-order chi connectivity index (χ1) is 19.4. The lowest BCUT2D eigenvalue weighted by atomic mass is 9.59. The van der Waals surface area contributed by atoms with Gasteiger partial charge in [-0.1, -0.05) is 36.1 Å². The van der Waals surface area contributed by atoms with Crippen LogP contribution in [0.1, 0.15) is 91.4 Å². The Hall–Kier alpha value is -2.48. The number of rotatable bonds is 5. The zero-order valence-electron chi connectivity index (χ0n) is 24.1. The molecule has 0 aromatic carbocycles. The number of esters is 2. The van der Waals surface area contributed by atoms with Gasteiger partial charge in [0.25, 0.3) is 0 Å². The monoisotopic (exact) mass is 604 g/mol. The number of aliphatic hydroxyl groups is 1. The minimum atomic E-state index is -5.95. The third kappa shape index (κ3) is 6.53. The van der Waals surface area contributed by atoms with Crippen LogP contribution in [0.4, 0.5) is 26.3 Å². The van der Waals surface area contributed by atoms with Crippen molar-refractivity contribution in [1.82, 2.24) is 0 Å². The molecule has 4 aliphatic rings. The molecule has 0 aliphatic heterocycles. The van der Waals surface area contributed by atoms with E-state index in [1.807, 2.05) is 6.08 Å². The number of allylic oxidation sites excluding steroid dienone is 3. The molecule has 0 bridgehead atoms. The van der Waals surface area contributed by atoms with E-state index >= 15 is 0 Å². The number of halogens is 6. The van der Waals surface area contributed by atoms with Crippen LogP contribution in [0.25, 0.3) is 0 Å². The Labute approximate surface area is 242 Å². The molecule has 1 N–H and O–H groups in total. The maximum atomic E-state index is 13.1. The van der Waals surface area contributed by atoms with Gasteiger partial charge in [-0.05, 0) is 73.5 Å². The highest BCUT2D eigenvalue weighted by molar-refractivity contribution is 5.67. The summed E-state index contributed by atoms with van der Waals surface area (Å²) in [6.07, 6.45) is -1.42. The van der Waals surface area contributed by atoms with Gasteiger partial charge in [0.1, 0.15) is 12.2 Å². The van der Waals surface area contributed by atoms with Gasteiger partial charge in [0, 0.05) is 39.5 Å². The highest BCUT2D eigenvalue weighted by Crippen LogP contribution is 2.69. The van der Waals surface area contributed by atoms with Gasteiger partial charge in [0.15, 0.2) is 0 Å². The van der Waals surface area contributed by atoms with Crippen LogP contribution in [0.3, 0.4) is 0 Å². The maximum absolute atomic E-state index is 13.1. The molecule has 4 rings (SSSR count). The van der Waals surface area contributed by atoms with E-state index < -0.39 is 35.3 Å². The zero-order chi connectivity index (χ0) is 31.1. The molecular weight excluding hydrogens is 566 g/mol. The first-order valence-corrected chi connectivity index (χ1v) is 14.5. The van der Waals surface area contributed by atoms with Crippen molar-refractivity contribution in [1.29, 1.82) is 0 Å². The lowest BCUT2D eigenvalue weighted by molar-refractivity contribution is -0.343. The number of fused-ring (bicyclic) bond motifs is 1. The largest absolute Gasteiger partial charge is 0.462 e. The van der Waals surface area contributed by atoms with Gasteiger partial charge in [-0.2, -0.15) is 26.3 Å². The standard InChI is InChI=1S/C31H38F6O5/c1-19(38)41-23-16-21(17-24(18-23)42-20(2)39)7-8-22-6-4-11-27(3)25(22)9-10-26(27)28(14-15-28)12-5-13-29(40,30(32,33)34)31(35,36)37/h7-8,23-26,40H,4,6,9-12,14-18H2,1-3H3/b22-8+/t23-,24-,25?,26+,27+/m1/s1. The summed E-state index contributed by atoms with van der Waals surface area (Å²) in [5.74, 6) is 2.78. The molecule has 4 saturated carbocycles. The molecule has 0 heterocycles. The van der Waals surface area contributed by atoms with Gasteiger partial charge in [-0.25, -0.2) is 0 Å². The van der Waals surface area contributed by atoms with Crippen molar-refractivity contribution in [2.45, 2.75) is 122 Å². The van der Waals surface area contributed by atoms with Crippen LogP contribution in [0.15, 0.2) is 23.3 Å². The first-order valence-electron chi connectivity index (χ1n) is 14.5. The molecule has 4 aliphatic carbocycles. The van der Waals surface area contributed by atoms with Crippen molar-refractivity contribution >= 4 is 11.9 Å². The van der Waals surface area contributed by atoms with Crippen LogP contribution in [-0.4, -0.2) is 47.2 Å². The third-order valence-electron chi connectivity index (χ3n) is 9.83. The van der Waals surface area contributed by atoms with E-state index in [4.69, 9.17) is 9.47 Å². The summed E-state index contributed by atoms with van der Waals surface area (Å²) >= 11 is 0. The SMILES string of the molecule is CC(=O)O[C@@H]1CC(=C/C=C2\CCC[C@@]3(C)C2CC[C@@H]3C2(CC#CC(O)(C(F)(F)F)C(F)(F)F)CC2)C[C@@H](OC(C)=O)C1. The molecule has 1 unspecified atom stereocenters. The zero-order valence-corrected chi connectivity index (χ0v) is 24.1. The van der Waals surface area contributed by atoms with Crippen molar-refractivity contribution in [2.75, 3.05) is 0 Å². The summed E-state index contributed by atoms with van der Waals surface area (Å²) in [6.45, 7) is 4.86. The number of carbonyl (C=O) groups is 2. The van der Waals surface area contributed by atoms with E-state index in [0.717, 1.165) is 43.6 Å². The van der Waals surface area contributed by atoms with Gasteiger partial charge >= 0.3 is 29.9 Å². The molecule has 4 fully saturated rings. The second kappa shape index (κ2) is 11.5. The highest BCUT2D eigenvalue weighted by atomic mass is 19.4. The van der Waals surface area contributed by atoms with Crippen LogP contribution >= 0.6 is 0 Å². The van der Waals surface area contributed by atoms with E-state index in [2.05, 4.69) is 18.9 Å². The summed E-state index contributed by atoms with van der Waals surface area (Å²) in [4.78, 5) is 23.1. The molecular formula is C31H38F6O5. The molecule has 5 nitrogen and oxygen atoms in total. The Morgan fingerprint density at radius 3 is 2.02 bits per heavy atom. The number of alkyl halides is 6. The van der Waals surface area contributed by atoms with Crippen LogP contribution < -0.4 is 0 Å². The van der Waals surface area contributed by atoms with Crippen LogP contribution in [-0.2, 0) is 19.1 Å². The van der Waals surface area contributed by atoms with E-state index in [1.54, 1.807) is 0 Å². The molecule has 11 heteroatoms. The van der Waals surface area contributed by atoms with Crippen molar-refractivity contribution < 1.29 is 50.5 Å². The topological polar surface area (TPSA) is 72.8 Å². The van der Waals surface area contributed by atoms with Crippen molar-refractivity contribution in [3.05, 3.63) is 23.3 Å². The number of ether oxygens (including phenoxy) is 2. The summed E-state index contributed by atoms with van der Waals surface area (Å²) < 4.78 is 89.4. The molecule has 0 spiro atoms. The quantitative estimate of drug-likeness (QED) is 0.205. The summed E-state index contributed by atoms with van der Waals surface area (Å²) in [6, 6.07) is 0. The van der Waals surface area contributed by atoms with Gasteiger partial charge in [0.05, 0.1) is 0 Å². The fourth-order valence-corrected chi connectivity index (χ4v) is 7.84. The smallest absolute Gasteiger partial charge is 0.438 e. The number of carbonyl (C=O) groups excluding carboxylic acids is 2. The summed E-state index contributed by atoms with van der Waals surface area (Å²) in [5.41, 5.74) is -3.41. The van der Waals surface area contributed by atoms with Crippen LogP contribution in [0.5, 0.6) is 0 Å². The second-order valence-corrected chi connectivity index (χ2v) is 12.8. The van der Waals surface area contributed by atoms with Gasteiger partial charge in [-0.3, -0.25) is 9.59 Å². The van der Waals surface area contributed by atoms with E-state index in [0.29, 0.717) is 32.1 Å². The normalized spacial score (nSPS) is 32.0. The molecule has 42 heavy (non-hydrogen) atoms. The Kier molecular flexibility index (Phi) is 8.92. The Morgan fingerprint density at radius 1 is 0.952 bits per heavy atom. The first kappa shape index (κ1) is 32.4. The minimum absolute atomic E-state index is 0.0990. The molecule has 5 atom stereocenters. The predicted molar refractivity (Wildman–Crippen MR) is 140 cm³/mol. The highest BCUT2D eigenvalue weighted by Gasteiger charge is 2.70. The third-order valence-corrected chi connectivity index (χ3v) is 9.83. The molecule has 0 aromatic heterocycles. The van der Waals surface area contributed by atoms with Gasteiger partial charge in [0.2, 0.25) is 0 Å². The summed E-state index contributed by atoms with van der Waals surface area (Å²) in [7, 11) is 0. The number of hydrogen-bond acceptors (Lipinski definition) is 5. The fraction of sp³-hybridized carbons (Fsp3) is 0.742. The molecule has 234 valence electrons. The van der Waals surface area contributed by atoms with Crippen LogP contribution in [0, 0.1) is 34.5 Å². The van der Waals surface area contributed by atoms with Gasteiger partial charge in [-0.15, -0.1) is 0 Å². The van der Waals surface area contributed by atoms with Gasteiger partial charge < -0.3 is 14.6 Å². The van der Waals surface area contributed by atoms with E-state index in [1.165, 1.54) is 19.4 Å². The molecule has 0 aromatic rings. The minimum Gasteiger partial charge on any atom is -0.462 e. The Bertz CT molecular complexity index is 1140. The Balaban J connectivity index is 1.52. The predicted octanol–water partition coefficient (Wildman–Crippen LogP) is 7.13. The second-order valence-electron chi connectivity index (χ2n) is 12.8. The van der Waals surface area contributed by atoms with Crippen LogP contribution in [0.2, 0.25) is 0 Å². The Morgan fingerprint density at radius 2 is 1.52 bits per heavy atom. The maximum Gasteiger partial charge on any atom is 0.438 e. The van der Waals surface area contributed by atoms with Crippen molar-refractivity contribution in [3.63, 3.8) is 0 Å². The van der Waals surface area contributed by atoms with E-state index in [9.17, 15) is 41.0 Å². The van der Waals surface area contributed by atoms with Crippen molar-refractivity contribution in [3.8, 4) is 11.8 Å². The molecule has 0 saturated heterocycles. The fourth-order valence-electron chi connectivity index (χ4n) is 7.84. The van der Waals surface area contributed by atoms with Crippen molar-refractivity contribution in [2.24, 2.45) is 22.7 Å². The molecule has 0 radical (unpaired) electrons. The average Bonchev–Trinajstić information content (AvgIpc) is 3.52. The average molecular weight is 605 g/mol. The number of hydrogen-bond donors (Lipinski definition) is 1. The van der Waals surface area contributed by atoms with E-state index in [-0.39, 0.29) is 35.9 Å².